The molecule has 3 heterocycles. The Kier molecular flexibility index (Phi) is 4.22. The SMILES string of the molecule is CC(N)Cc1cccnc1N1CCN2CCCCC2C1. The molecule has 3 rings (SSSR count). The molecule has 0 spiro atoms. The average molecular weight is 274 g/mol. The first kappa shape index (κ1) is 13.8. The summed E-state index contributed by atoms with van der Waals surface area (Å²) in [6.07, 6.45) is 6.91. The van der Waals surface area contributed by atoms with Gasteiger partial charge in [0, 0.05) is 37.9 Å². The van der Waals surface area contributed by atoms with Gasteiger partial charge < -0.3 is 10.6 Å². The second-order valence-electron chi connectivity index (χ2n) is 6.30. The van der Waals surface area contributed by atoms with E-state index in [1.165, 1.54) is 37.9 Å². The van der Waals surface area contributed by atoms with Crippen molar-refractivity contribution in [3.63, 3.8) is 0 Å². The van der Waals surface area contributed by atoms with Gasteiger partial charge in [-0.1, -0.05) is 12.5 Å². The molecule has 0 amide bonds. The molecule has 0 radical (unpaired) electrons. The Hall–Kier alpha value is -1.13. The van der Waals surface area contributed by atoms with Gasteiger partial charge in [-0.25, -0.2) is 4.98 Å². The van der Waals surface area contributed by atoms with E-state index in [-0.39, 0.29) is 6.04 Å². The van der Waals surface area contributed by atoms with Gasteiger partial charge in [0.2, 0.25) is 0 Å². The lowest BCUT2D eigenvalue weighted by Crippen LogP contribution is -2.55. The van der Waals surface area contributed by atoms with Crippen molar-refractivity contribution in [3.05, 3.63) is 23.9 Å². The van der Waals surface area contributed by atoms with Crippen LogP contribution in [-0.2, 0) is 6.42 Å². The molecule has 4 nitrogen and oxygen atoms in total. The van der Waals surface area contributed by atoms with Crippen LogP contribution >= 0.6 is 0 Å². The lowest BCUT2D eigenvalue weighted by Gasteiger charge is -2.44. The van der Waals surface area contributed by atoms with Gasteiger partial charge in [-0.15, -0.1) is 0 Å². The quantitative estimate of drug-likeness (QED) is 0.910. The molecule has 2 saturated heterocycles. The van der Waals surface area contributed by atoms with E-state index in [4.69, 9.17) is 5.73 Å². The van der Waals surface area contributed by atoms with E-state index in [9.17, 15) is 0 Å². The van der Waals surface area contributed by atoms with Gasteiger partial charge in [0.15, 0.2) is 0 Å². The van der Waals surface area contributed by atoms with Crippen LogP contribution in [0.4, 0.5) is 5.82 Å². The maximum Gasteiger partial charge on any atom is 0.131 e. The molecule has 0 saturated carbocycles. The van der Waals surface area contributed by atoms with Crippen molar-refractivity contribution in [2.45, 2.75) is 44.7 Å². The molecule has 2 fully saturated rings. The van der Waals surface area contributed by atoms with Crippen molar-refractivity contribution < 1.29 is 0 Å². The average Bonchev–Trinajstić information content (AvgIpc) is 2.47. The number of aromatic nitrogens is 1. The van der Waals surface area contributed by atoms with Crippen LogP contribution in [0, 0.1) is 0 Å². The first-order valence-electron chi connectivity index (χ1n) is 7.92. The zero-order chi connectivity index (χ0) is 13.9. The fourth-order valence-electron chi connectivity index (χ4n) is 3.57. The van der Waals surface area contributed by atoms with Crippen molar-refractivity contribution >= 4 is 5.82 Å². The highest BCUT2D eigenvalue weighted by Crippen LogP contribution is 2.26. The summed E-state index contributed by atoms with van der Waals surface area (Å²) >= 11 is 0. The molecule has 0 aromatic carbocycles. The maximum atomic E-state index is 5.97. The van der Waals surface area contributed by atoms with Gasteiger partial charge >= 0.3 is 0 Å². The molecule has 2 aliphatic rings. The molecule has 0 aliphatic carbocycles. The predicted molar refractivity (Wildman–Crippen MR) is 83.0 cm³/mol. The predicted octanol–water partition coefficient (Wildman–Crippen LogP) is 1.65. The Morgan fingerprint density at radius 1 is 1.35 bits per heavy atom. The zero-order valence-electron chi connectivity index (χ0n) is 12.5. The van der Waals surface area contributed by atoms with Crippen molar-refractivity contribution in [2.24, 2.45) is 5.73 Å². The smallest absolute Gasteiger partial charge is 0.131 e. The highest BCUT2D eigenvalue weighted by Gasteiger charge is 2.30. The fraction of sp³-hybridized carbons (Fsp3) is 0.688. The van der Waals surface area contributed by atoms with E-state index >= 15 is 0 Å². The third-order valence-corrected chi connectivity index (χ3v) is 4.55. The van der Waals surface area contributed by atoms with Crippen LogP contribution in [0.25, 0.3) is 0 Å². The summed E-state index contributed by atoms with van der Waals surface area (Å²) in [5.74, 6) is 1.16. The van der Waals surface area contributed by atoms with Crippen LogP contribution in [0.3, 0.4) is 0 Å². The first-order chi connectivity index (χ1) is 9.74. The van der Waals surface area contributed by atoms with Gasteiger partial charge in [0.05, 0.1) is 0 Å². The summed E-state index contributed by atoms with van der Waals surface area (Å²) in [5.41, 5.74) is 7.27. The minimum Gasteiger partial charge on any atom is -0.354 e. The van der Waals surface area contributed by atoms with E-state index in [1.54, 1.807) is 0 Å². The monoisotopic (exact) mass is 274 g/mol. The van der Waals surface area contributed by atoms with Crippen LogP contribution in [0.2, 0.25) is 0 Å². The van der Waals surface area contributed by atoms with Gasteiger partial charge in [-0.05, 0) is 44.4 Å². The largest absolute Gasteiger partial charge is 0.354 e. The molecule has 0 bridgehead atoms. The van der Waals surface area contributed by atoms with Crippen LogP contribution in [0.1, 0.15) is 31.7 Å². The number of fused-ring (bicyclic) bond motifs is 1. The maximum absolute atomic E-state index is 5.97. The van der Waals surface area contributed by atoms with Crippen molar-refractivity contribution in [2.75, 3.05) is 31.1 Å². The number of pyridine rings is 1. The third kappa shape index (κ3) is 2.96. The highest BCUT2D eigenvalue weighted by molar-refractivity contribution is 5.48. The number of anilines is 1. The van der Waals surface area contributed by atoms with Gasteiger partial charge in [-0.2, -0.15) is 0 Å². The summed E-state index contributed by atoms with van der Waals surface area (Å²) in [6.45, 7) is 6.75. The highest BCUT2D eigenvalue weighted by atomic mass is 15.3. The Morgan fingerprint density at radius 2 is 2.25 bits per heavy atom. The number of rotatable bonds is 3. The summed E-state index contributed by atoms with van der Waals surface area (Å²) in [5, 5.41) is 0. The summed E-state index contributed by atoms with van der Waals surface area (Å²) in [7, 11) is 0. The van der Waals surface area contributed by atoms with Crippen LogP contribution in [0.5, 0.6) is 0 Å². The standard InChI is InChI=1S/C16H26N4/c1-13(17)11-14-5-4-7-18-16(14)20-10-9-19-8-3-2-6-15(19)12-20/h4-5,7,13,15H,2-3,6,8-12,17H2,1H3. The van der Waals surface area contributed by atoms with Crippen molar-refractivity contribution in [1.29, 1.82) is 0 Å². The third-order valence-electron chi connectivity index (χ3n) is 4.55. The van der Waals surface area contributed by atoms with E-state index < -0.39 is 0 Å². The Balaban J connectivity index is 1.76. The topological polar surface area (TPSA) is 45.4 Å². The molecule has 2 N–H and O–H groups in total. The number of nitrogens with two attached hydrogens (primary N) is 1. The Labute approximate surface area is 122 Å². The van der Waals surface area contributed by atoms with Crippen LogP contribution < -0.4 is 10.6 Å². The minimum absolute atomic E-state index is 0.189. The van der Waals surface area contributed by atoms with Crippen LogP contribution in [0.15, 0.2) is 18.3 Å². The van der Waals surface area contributed by atoms with E-state index in [1.807, 2.05) is 12.3 Å². The zero-order valence-corrected chi connectivity index (χ0v) is 12.5. The van der Waals surface area contributed by atoms with Crippen LogP contribution in [-0.4, -0.2) is 48.1 Å². The summed E-state index contributed by atoms with van der Waals surface area (Å²) < 4.78 is 0. The Morgan fingerprint density at radius 3 is 3.10 bits per heavy atom. The lowest BCUT2D eigenvalue weighted by molar-refractivity contribution is 0.133. The van der Waals surface area contributed by atoms with Gasteiger partial charge in [0.1, 0.15) is 5.82 Å². The molecule has 2 unspecified atom stereocenters. The molecule has 20 heavy (non-hydrogen) atoms. The van der Waals surface area contributed by atoms with E-state index in [2.05, 4.69) is 27.8 Å². The van der Waals surface area contributed by atoms with E-state index in [0.717, 1.165) is 31.4 Å². The molecule has 4 heteroatoms. The lowest BCUT2D eigenvalue weighted by atomic mass is 9.99. The molecular formula is C16H26N4. The van der Waals surface area contributed by atoms with Gasteiger partial charge in [-0.3, -0.25) is 4.90 Å². The number of hydrogen-bond donors (Lipinski definition) is 1. The first-order valence-corrected chi connectivity index (χ1v) is 7.92. The molecule has 1 aromatic rings. The van der Waals surface area contributed by atoms with E-state index in [0.29, 0.717) is 0 Å². The molecule has 2 atom stereocenters. The number of nitrogens with zero attached hydrogens (tertiary/aromatic N) is 3. The molecule has 110 valence electrons. The van der Waals surface area contributed by atoms with Crippen molar-refractivity contribution in [3.8, 4) is 0 Å². The summed E-state index contributed by atoms with van der Waals surface area (Å²) in [4.78, 5) is 9.78. The Bertz CT molecular complexity index is 446. The molecule has 2 aliphatic heterocycles. The molecular weight excluding hydrogens is 248 g/mol. The number of hydrogen-bond acceptors (Lipinski definition) is 4. The van der Waals surface area contributed by atoms with Crippen molar-refractivity contribution in [1.82, 2.24) is 9.88 Å². The van der Waals surface area contributed by atoms with Gasteiger partial charge in [0.25, 0.3) is 0 Å². The second-order valence-corrected chi connectivity index (χ2v) is 6.30. The summed E-state index contributed by atoms with van der Waals surface area (Å²) in [6, 6.07) is 5.12. The number of piperidine rings is 1. The molecule has 1 aromatic heterocycles. The fourth-order valence-corrected chi connectivity index (χ4v) is 3.57. The second kappa shape index (κ2) is 6.10. The minimum atomic E-state index is 0.189. The normalized spacial score (nSPS) is 25.3. The number of piperazine rings is 1.